The van der Waals surface area contributed by atoms with Crippen molar-refractivity contribution in [2.45, 2.75) is 6.54 Å². The van der Waals surface area contributed by atoms with Gasteiger partial charge in [-0.25, -0.2) is 4.98 Å². The average molecular weight is 182 g/mol. The van der Waals surface area contributed by atoms with Gasteiger partial charge in [0.25, 0.3) is 0 Å². The zero-order chi connectivity index (χ0) is 8.55. The van der Waals surface area contributed by atoms with Crippen LogP contribution in [-0.2, 0) is 6.54 Å². The summed E-state index contributed by atoms with van der Waals surface area (Å²) in [6, 6.07) is 3.74. The van der Waals surface area contributed by atoms with E-state index in [0.717, 1.165) is 16.6 Å². The monoisotopic (exact) mass is 181 g/mol. The summed E-state index contributed by atoms with van der Waals surface area (Å²) in [6.45, 7) is 0.446. The normalized spacial score (nSPS) is 10.8. The Morgan fingerprint density at radius 2 is 2.33 bits per heavy atom. The van der Waals surface area contributed by atoms with Crippen LogP contribution in [0.1, 0.15) is 5.56 Å². The molecule has 0 fully saturated rings. The summed E-state index contributed by atoms with van der Waals surface area (Å²) in [5, 5.41) is 0.689. The van der Waals surface area contributed by atoms with Crippen LogP contribution in [0.4, 0.5) is 0 Å². The third kappa shape index (κ3) is 1.07. The van der Waals surface area contributed by atoms with Gasteiger partial charge in [-0.2, -0.15) is 0 Å². The van der Waals surface area contributed by atoms with Crippen LogP contribution >= 0.6 is 11.6 Å². The number of rotatable bonds is 1. The van der Waals surface area contributed by atoms with E-state index >= 15 is 0 Å². The molecule has 0 saturated carbocycles. The smallest absolute Gasteiger partial charge is 0.0931 e. The van der Waals surface area contributed by atoms with Gasteiger partial charge in [-0.15, -0.1) is 0 Å². The van der Waals surface area contributed by atoms with Gasteiger partial charge in [-0.3, -0.25) is 0 Å². The van der Waals surface area contributed by atoms with E-state index in [2.05, 4.69) is 9.97 Å². The summed E-state index contributed by atoms with van der Waals surface area (Å²) in [7, 11) is 0. The number of nitrogens with one attached hydrogen (secondary N) is 1. The minimum Gasteiger partial charge on any atom is -0.345 e. The van der Waals surface area contributed by atoms with Crippen LogP contribution in [0, 0.1) is 0 Å². The highest BCUT2D eigenvalue weighted by Gasteiger charge is 2.02. The maximum atomic E-state index is 5.93. The Labute approximate surface area is 74.5 Å². The molecular weight excluding hydrogens is 174 g/mol. The number of halogens is 1. The van der Waals surface area contributed by atoms with Gasteiger partial charge in [0.2, 0.25) is 0 Å². The van der Waals surface area contributed by atoms with E-state index in [1.165, 1.54) is 0 Å². The number of nitrogens with two attached hydrogens (primary N) is 1. The first-order chi connectivity index (χ1) is 5.81. The third-order valence-electron chi connectivity index (χ3n) is 1.81. The fourth-order valence-corrected chi connectivity index (χ4v) is 1.40. The first kappa shape index (κ1) is 7.58. The lowest BCUT2D eigenvalue weighted by atomic mass is 10.2. The number of hydrogen-bond acceptors (Lipinski definition) is 2. The summed E-state index contributed by atoms with van der Waals surface area (Å²) in [5.74, 6) is 0. The molecule has 3 N–H and O–H groups in total. The summed E-state index contributed by atoms with van der Waals surface area (Å²) < 4.78 is 0. The number of aromatic nitrogens is 2. The summed E-state index contributed by atoms with van der Waals surface area (Å²) in [4.78, 5) is 7.07. The number of aromatic amines is 1. The largest absolute Gasteiger partial charge is 0.345 e. The minimum absolute atomic E-state index is 0.446. The van der Waals surface area contributed by atoms with E-state index in [9.17, 15) is 0 Å². The maximum absolute atomic E-state index is 5.93. The first-order valence-corrected chi connectivity index (χ1v) is 4.00. The molecule has 0 aliphatic rings. The van der Waals surface area contributed by atoms with Gasteiger partial charge in [-0.05, 0) is 17.7 Å². The van der Waals surface area contributed by atoms with Crippen molar-refractivity contribution in [2.24, 2.45) is 5.73 Å². The van der Waals surface area contributed by atoms with Gasteiger partial charge in [0.05, 0.1) is 17.4 Å². The Hall–Kier alpha value is -1.06. The van der Waals surface area contributed by atoms with Crippen molar-refractivity contribution in [1.82, 2.24) is 9.97 Å². The van der Waals surface area contributed by atoms with Gasteiger partial charge in [0.1, 0.15) is 0 Å². The average Bonchev–Trinajstić information content (AvgIpc) is 2.49. The van der Waals surface area contributed by atoms with Crippen LogP contribution in [0.5, 0.6) is 0 Å². The minimum atomic E-state index is 0.446. The Balaban J connectivity index is 2.73. The van der Waals surface area contributed by atoms with E-state index < -0.39 is 0 Å². The number of imidazole rings is 1. The van der Waals surface area contributed by atoms with Crippen LogP contribution in [-0.4, -0.2) is 9.97 Å². The molecule has 2 aromatic rings. The highest BCUT2D eigenvalue weighted by molar-refractivity contribution is 6.32. The zero-order valence-electron chi connectivity index (χ0n) is 6.34. The highest BCUT2D eigenvalue weighted by atomic mass is 35.5. The van der Waals surface area contributed by atoms with E-state index in [1.807, 2.05) is 12.1 Å². The Kier molecular flexibility index (Phi) is 1.75. The van der Waals surface area contributed by atoms with E-state index in [-0.39, 0.29) is 0 Å². The molecule has 0 unspecified atom stereocenters. The van der Waals surface area contributed by atoms with Gasteiger partial charge < -0.3 is 10.7 Å². The molecule has 0 bridgehead atoms. The number of fused-ring (bicyclic) bond motifs is 1. The fraction of sp³-hybridized carbons (Fsp3) is 0.125. The van der Waals surface area contributed by atoms with Crippen LogP contribution in [0.3, 0.4) is 0 Å². The van der Waals surface area contributed by atoms with Gasteiger partial charge >= 0.3 is 0 Å². The lowest BCUT2D eigenvalue weighted by Gasteiger charge is -1.99. The number of nitrogens with zero attached hydrogens (tertiary/aromatic N) is 1. The molecule has 0 radical (unpaired) electrons. The second-order valence-electron chi connectivity index (χ2n) is 2.57. The van der Waals surface area contributed by atoms with Crippen molar-refractivity contribution in [3.8, 4) is 0 Å². The topological polar surface area (TPSA) is 54.7 Å². The predicted molar refractivity (Wildman–Crippen MR) is 49.0 cm³/mol. The third-order valence-corrected chi connectivity index (χ3v) is 2.16. The van der Waals surface area contributed by atoms with Crippen LogP contribution < -0.4 is 5.73 Å². The van der Waals surface area contributed by atoms with E-state index in [0.29, 0.717) is 11.6 Å². The van der Waals surface area contributed by atoms with Crippen molar-refractivity contribution in [1.29, 1.82) is 0 Å². The fourth-order valence-electron chi connectivity index (χ4n) is 1.16. The van der Waals surface area contributed by atoms with Crippen LogP contribution in [0.25, 0.3) is 11.0 Å². The Bertz CT molecular complexity index is 408. The summed E-state index contributed by atoms with van der Waals surface area (Å²) in [5.41, 5.74) is 8.26. The van der Waals surface area contributed by atoms with Crippen molar-refractivity contribution < 1.29 is 0 Å². The van der Waals surface area contributed by atoms with Crippen molar-refractivity contribution in [2.75, 3.05) is 0 Å². The first-order valence-electron chi connectivity index (χ1n) is 3.63. The Morgan fingerprint density at radius 1 is 1.50 bits per heavy atom. The van der Waals surface area contributed by atoms with E-state index in [4.69, 9.17) is 17.3 Å². The molecule has 0 saturated heterocycles. The maximum Gasteiger partial charge on any atom is 0.0931 e. The molecule has 2 rings (SSSR count). The van der Waals surface area contributed by atoms with Gasteiger partial charge in [0.15, 0.2) is 0 Å². The predicted octanol–water partition coefficient (Wildman–Crippen LogP) is 1.68. The van der Waals surface area contributed by atoms with Gasteiger partial charge in [-0.1, -0.05) is 11.6 Å². The molecule has 0 atom stereocenters. The van der Waals surface area contributed by atoms with Gasteiger partial charge in [0, 0.05) is 11.6 Å². The molecule has 4 heteroatoms. The SMILES string of the molecule is NCc1cc2nc[nH]c2cc1Cl. The molecule has 0 aliphatic carbocycles. The molecule has 0 amide bonds. The second kappa shape index (κ2) is 2.77. The lowest BCUT2D eigenvalue weighted by molar-refractivity contribution is 1.07. The van der Waals surface area contributed by atoms with Crippen molar-refractivity contribution >= 4 is 22.6 Å². The van der Waals surface area contributed by atoms with E-state index in [1.54, 1.807) is 6.33 Å². The number of H-pyrrole nitrogens is 1. The molecule has 62 valence electrons. The van der Waals surface area contributed by atoms with Crippen LogP contribution in [0.15, 0.2) is 18.5 Å². The quantitative estimate of drug-likeness (QED) is 0.703. The molecule has 0 aliphatic heterocycles. The highest BCUT2D eigenvalue weighted by Crippen LogP contribution is 2.20. The van der Waals surface area contributed by atoms with Crippen molar-refractivity contribution in [3.05, 3.63) is 29.0 Å². The molecule has 1 aromatic carbocycles. The van der Waals surface area contributed by atoms with Crippen LogP contribution in [0.2, 0.25) is 5.02 Å². The number of hydrogen-bond donors (Lipinski definition) is 2. The lowest BCUT2D eigenvalue weighted by Crippen LogP contribution is -1.96. The molecule has 0 spiro atoms. The second-order valence-corrected chi connectivity index (χ2v) is 2.97. The summed E-state index contributed by atoms with van der Waals surface area (Å²) >= 11 is 5.93. The molecule has 12 heavy (non-hydrogen) atoms. The number of benzene rings is 1. The molecule has 1 aromatic heterocycles. The molecular formula is C8H8ClN3. The zero-order valence-corrected chi connectivity index (χ0v) is 7.10. The van der Waals surface area contributed by atoms with Crippen molar-refractivity contribution in [3.63, 3.8) is 0 Å². The summed E-state index contributed by atoms with van der Waals surface area (Å²) in [6.07, 6.45) is 1.64. The standard InChI is InChI=1S/C8H8ClN3/c9-6-2-8-7(11-4-12-8)1-5(6)3-10/h1-2,4H,3,10H2,(H,11,12). The Morgan fingerprint density at radius 3 is 3.08 bits per heavy atom. The molecule has 3 nitrogen and oxygen atoms in total. The molecule has 1 heterocycles.